The molecule has 0 aliphatic rings. The molecule has 0 fully saturated rings. The number of alkyl halides is 2. The number of imidazole rings is 1. The van der Waals surface area contributed by atoms with Crippen LogP contribution in [0.4, 0.5) is 8.78 Å². The van der Waals surface area contributed by atoms with Gasteiger partial charge in [0.25, 0.3) is 12.3 Å². The predicted octanol–water partition coefficient (Wildman–Crippen LogP) is 5.43. The first-order chi connectivity index (χ1) is 15.1. The minimum absolute atomic E-state index is 0.123. The monoisotopic (exact) mass is 419 g/mol. The number of hydrogen-bond donors (Lipinski definition) is 1. The van der Waals surface area contributed by atoms with Crippen LogP contribution in [-0.2, 0) is 12.8 Å². The molecule has 0 spiro atoms. The smallest absolute Gasteiger partial charge is 0.295 e. The topological polar surface area (TPSA) is 49.0 Å². The third kappa shape index (κ3) is 5.15. The van der Waals surface area contributed by atoms with Crippen molar-refractivity contribution in [1.82, 2.24) is 14.9 Å². The minimum Gasteiger partial charge on any atom is -0.338 e. The number of nitrogens with one attached hydrogen (secondary N) is 1. The van der Waals surface area contributed by atoms with Crippen LogP contribution in [0.3, 0.4) is 0 Å². The maximum atomic E-state index is 13.3. The van der Waals surface area contributed by atoms with Crippen LogP contribution in [0.2, 0.25) is 0 Å². The maximum Gasteiger partial charge on any atom is 0.295 e. The van der Waals surface area contributed by atoms with E-state index in [0.29, 0.717) is 29.7 Å². The normalized spacial score (nSPS) is 11.2. The van der Waals surface area contributed by atoms with E-state index in [2.05, 4.69) is 9.97 Å². The van der Waals surface area contributed by atoms with Gasteiger partial charge in [-0.05, 0) is 42.2 Å². The van der Waals surface area contributed by atoms with Crippen molar-refractivity contribution in [3.63, 3.8) is 0 Å². The molecule has 0 aliphatic heterocycles. The van der Waals surface area contributed by atoms with E-state index < -0.39 is 6.43 Å². The van der Waals surface area contributed by atoms with Crippen LogP contribution in [0.25, 0.3) is 11.0 Å². The Labute approximate surface area is 179 Å². The lowest BCUT2D eigenvalue weighted by Gasteiger charge is -2.23. The summed E-state index contributed by atoms with van der Waals surface area (Å²) in [5.41, 5.74) is 3.63. The van der Waals surface area contributed by atoms with Crippen LogP contribution < -0.4 is 0 Å². The number of amides is 1. The Morgan fingerprint density at radius 2 is 1.45 bits per heavy atom. The highest BCUT2D eigenvalue weighted by molar-refractivity contribution is 5.97. The molecule has 4 aromatic rings. The summed E-state index contributed by atoms with van der Waals surface area (Å²) in [4.78, 5) is 21.6. The Morgan fingerprint density at radius 3 is 2.00 bits per heavy atom. The van der Waals surface area contributed by atoms with Gasteiger partial charge in [0.1, 0.15) is 0 Å². The van der Waals surface area contributed by atoms with E-state index in [0.717, 1.165) is 24.0 Å². The summed E-state index contributed by atoms with van der Waals surface area (Å²) >= 11 is 0. The summed E-state index contributed by atoms with van der Waals surface area (Å²) in [7, 11) is 0. The number of carbonyl (C=O) groups is 1. The molecular formula is C25H23F2N3O. The molecule has 0 aliphatic carbocycles. The van der Waals surface area contributed by atoms with Gasteiger partial charge in [-0.15, -0.1) is 0 Å². The van der Waals surface area contributed by atoms with Crippen LogP contribution >= 0.6 is 0 Å². The Kier molecular flexibility index (Phi) is 6.36. The summed E-state index contributed by atoms with van der Waals surface area (Å²) in [6.07, 6.45) is -1.20. The summed E-state index contributed by atoms with van der Waals surface area (Å²) in [5, 5.41) is 0. The molecular weight excluding hydrogens is 396 g/mol. The van der Waals surface area contributed by atoms with Gasteiger partial charge in [0.2, 0.25) is 0 Å². The second kappa shape index (κ2) is 9.51. The number of aromatic nitrogens is 2. The number of H-pyrrole nitrogens is 1. The third-order valence-corrected chi connectivity index (χ3v) is 5.27. The fraction of sp³-hybridized carbons (Fsp3) is 0.200. The highest BCUT2D eigenvalue weighted by Crippen LogP contribution is 2.21. The molecule has 0 saturated carbocycles. The van der Waals surface area contributed by atoms with E-state index in [4.69, 9.17) is 0 Å². The zero-order valence-corrected chi connectivity index (χ0v) is 17.0. The molecule has 6 heteroatoms. The van der Waals surface area contributed by atoms with Gasteiger partial charge in [0.05, 0.1) is 11.0 Å². The lowest BCUT2D eigenvalue weighted by Crippen LogP contribution is -2.34. The minimum atomic E-state index is -2.68. The van der Waals surface area contributed by atoms with Gasteiger partial charge in [-0.3, -0.25) is 4.79 Å². The summed E-state index contributed by atoms with van der Waals surface area (Å²) < 4.78 is 25.9. The van der Waals surface area contributed by atoms with Gasteiger partial charge < -0.3 is 9.88 Å². The van der Waals surface area contributed by atoms with Crippen molar-refractivity contribution < 1.29 is 13.6 Å². The van der Waals surface area contributed by atoms with Gasteiger partial charge in [-0.1, -0.05) is 60.7 Å². The van der Waals surface area contributed by atoms with Gasteiger partial charge in [0.15, 0.2) is 5.82 Å². The number of fused-ring (bicyclic) bond motifs is 1. The van der Waals surface area contributed by atoms with Crippen LogP contribution in [0.15, 0.2) is 78.9 Å². The van der Waals surface area contributed by atoms with Gasteiger partial charge in [-0.2, -0.15) is 0 Å². The molecule has 1 amide bonds. The number of carbonyl (C=O) groups excluding carboxylic acids is 1. The third-order valence-electron chi connectivity index (χ3n) is 5.27. The van der Waals surface area contributed by atoms with Crippen LogP contribution in [0.1, 0.15) is 33.7 Å². The van der Waals surface area contributed by atoms with Crippen molar-refractivity contribution in [2.24, 2.45) is 0 Å². The molecule has 4 rings (SSSR count). The van der Waals surface area contributed by atoms with Gasteiger partial charge in [0, 0.05) is 18.7 Å². The van der Waals surface area contributed by atoms with Crippen molar-refractivity contribution >= 4 is 16.9 Å². The number of aromatic amines is 1. The molecule has 0 saturated heterocycles. The standard InChI is InChI=1S/C25H23F2N3O/c26-23(27)24-28-21-12-11-20(17-22(21)29-24)25(31)30(15-13-18-7-3-1-4-8-18)16-14-19-9-5-2-6-10-19/h1-12,17,23H,13-16H2,(H,28,29). The summed E-state index contributed by atoms with van der Waals surface area (Å²) in [5.74, 6) is -0.508. The van der Waals surface area contributed by atoms with Gasteiger partial charge >= 0.3 is 0 Å². The van der Waals surface area contributed by atoms with Crippen LogP contribution in [0, 0.1) is 0 Å². The first kappa shape index (κ1) is 20.7. The lowest BCUT2D eigenvalue weighted by molar-refractivity contribution is 0.0759. The first-order valence-corrected chi connectivity index (χ1v) is 10.2. The number of rotatable bonds is 8. The number of benzene rings is 3. The molecule has 31 heavy (non-hydrogen) atoms. The maximum absolute atomic E-state index is 13.3. The fourth-order valence-corrected chi connectivity index (χ4v) is 3.58. The van der Waals surface area contributed by atoms with Crippen molar-refractivity contribution in [2.75, 3.05) is 13.1 Å². The lowest BCUT2D eigenvalue weighted by atomic mass is 10.1. The van der Waals surface area contributed by atoms with E-state index in [-0.39, 0.29) is 11.7 Å². The highest BCUT2D eigenvalue weighted by atomic mass is 19.3. The second-order valence-corrected chi connectivity index (χ2v) is 7.42. The van der Waals surface area contributed by atoms with Crippen LogP contribution in [-0.4, -0.2) is 33.9 Å². The molecule has 4 nitrogen and oxygen atoms in total. The second-order valence-electron chi connectivity index (χ2n) is 7.42. The summed E-state index contributed by atoms with van der Waals surface area (Å²) in [6, 6.07) is 24.9. The fourth-order valence-electron chi connectivity index (χ4n) is 3.58. The van der Waals surface area contributed by atoms with E-state index >= 15 is 0 Å². The average molecular weight is 419 g/mol. The van der Waals surface area contributed by atoms with Crippen molar-refractivity contribution in [3.8, 4) is 0 Å². The van der Waals surface area contributed by atoms with Crippen molar-refractivity contribution in [3.05, 3.63) is 101 Å². The molecule has 1 heterocycles. The van der Waals surface area contributed by atoms with E-state index in [1.54, 1.807) is 18.2 Å². The molecule has 0 bridgehead atoms. The van der Waals surface area contributed by atoms with Gasteiger partial charge in [-0.25, -0.2) is 13.8 Å². The molecule has 158 valence electrons. The average Bonchev–Trinajstić information content (AvgIpc) is 3.24. The largest absolute Gasteiger partial charge is 0.338 e. The molecule has 3 aromatic carbocycles. The molecule has 1 N–H and O–H groups in total. The van der Waals surface area contributed by atoms with E-state index in [1.165, 1.54) is 0 Å². The predicted molar refractivity (Wildman–Crippen MR) is 117 cm³/mol. The molecule has 0 unspecified atom stereocenters. The molecule has 0 atom stereocenters. The molecule has 1 aromatic heterocycles. The molecule has 0 radical (unpaired) electrons. The number of hydrogen-bond acceptors (Lipinski definition) is 2. The SMILES string of the molecule is O=C(c1ccc2nc(C(F)F)[nH]c2c1)N(CCc1ccccc1)CCc1ccccc1. The van der Waals surface area contributed by atoms with Crippen LogP contribution in [0.5, 0.6) is 0 Å². The Balaban J connectivity index is 1.54. The quantitative estimate of drug-likeness (QED) is 0.414. The van der Waals surface area contributed by atoms with Crippen molar-refractivity contribution in [1.29, 1.82) is 0 Å². The number of halogens is 2. The first-order valence-electron chi connectivity index (χ1n) is 10.2. The van der Waals surface area contributed by atoms with E-state index in [1.807, 2.05) is 65.6 Å². The Hall–Kier alpha value is -3.54. The van der Waals surface area contributed by atoms with Crippen molar-refractivity contribution in [2.45, 2.75) is 19.3 Å². The Bertz CT molecular complexity index is 1100. The highest BCUT2D eigenvalue weighted by Gasteiger charge is 2.18. The number of nitrogens with zero attached hydrogens (tertiary/aromatic N) is 2. The Morgan fingerprint density at radius 1 is 0.871 bits per heavy atom. The summed E-state index contributed by atoms with van der Waals surface area (Å²) in [6.45, 7) is 1.14. The zero-order chi connectivity index (χ0) is 21.6. The van der Waals surface area contributed by atoms with E-state index in [9.17, 15) is 13.6 Å². The zero-order valence-electron chi connectivity index (χ0n) is 17.0.